The minimum atomic E-state index is -0.00208. The Hall–Kier alpha value is -1.09. The van der Waals surface area contributed by atoms with Crippen molar-refractivity contribution in [3.05, 3.63) is 24.0 Å². The van der Waals surface area contributed by atoms with Gasteiger partial charge in [-0.05, 0) is 41.7 Å². The summed E-state index contributed by atoms with van der Waals surface area (Å²) in [4.78, 5) is 4.23. The average molecular weight is 247 g/mol. The van der Waals surface area contributed by atoms with Crippen molar-refractivity contribution in [1.82, 2.24) is 4.98 Å². The number of nitrogens with two attached hydrogens (primary N) is 2. The second-order valence-corrected chi connectivity index (χ2v) is 6.37. The summed E-state index contributed by atoms with van der Waals surface area (Å²) < 4.78 is 0. The van der Waals surface area contributed by atoms with Gasteiger partial charge in [-0.1, -0.05) is 27.2 Å². The summed E-state index contributed by atoms with van der Waals surface area (Å²) in [6.45, 7) is 6.79. The fraction of sp³-hybridized carbons (Fsp3) is 0.667. The third-order valence-corrected chi connectivity index (χ3v) is 4.64. The first-order valence-corrected chi connectivity index (χ1v) is 6.88. The Morgan fingerprint density at radius 3 is 2.67 bits per heavy atom. The van der Waals surface area contributed by atoms with E-state index in [0.717, 1.165) is 23.6 Å². The van der Waals surface area contributed by atoms with E-state index in [0.29, 0.717) is 5.92 Å². The molecule has 3 heteroatoms. The van der Waals surface area contributed by atoms with E-state index in [4.69, 9.17) is 11.5 Å². The lowest BCUT2D eigenvalue weighted by Crippen LogP contribution is -2.46. The second kappa shape index (κ2) is 4.88. The van der Waals surface area contributed by atoms with Gasteiger partial charge in [0.1, 0.15) is 0 Å². The number of nitrogens with zero attached hydrogens (tertiary/aromatic N) is 1. The summed E-state index contributed by atoms with van der Waals surface area (Å²) in [6.07, 6.45) is 7.22. The van der Waals surface area contributed by atoms with Gasteiger partial charge in [-0.2, -0.15) is 0 Å². The Bertz CT molecular complexity index is 414. The fourth-order valence-corrected chi connectivity index (χ4v) is 3.46. The molecule has 0 saturated heterocycles. The molecule has 3 unspecified atom stereocenters. The van der Waals surface area contributed by atoms with Crippen molar-refractivity contribution in [2.45, 2.75) is 51.5 Å². The summed E-state index contributed by atoms with van der Waals surface area (Å²) in [5.74, 6) is 1.23. The zero-order valence-corrected chi connectivity index (χ0v) is 11.7. The maximum Gasteiger partial charge on any atom is 0.0383 e. The Balaban J connectivity index is 2.28. The van der Waals surface area contributed by atoms with Gasteiger partial charge in [-0.25, -0.2) is 0 Å². The van der Waals surface area contributed by atoms with Crippen LogP contribution < -0.4 is 11.5 Å². The lowest BCUT2D eigenvalue weighted by atomic mass is 9.64. The Morgan fingerprint density at radius 2 is 2.06 bits per heavy atom. The van der Waals surface area contributed by atoms with Crippen LogP contribution in [0.4, 0.5) is 5.69 Å². The molecule has 1 fully saturated rings. The van der Waals surface area contributed by atoms with Crippen molar-refractivity contribution >= 4 is 5.69 Å². The van der Waals surface area contributed by atoms with Crippen LogP contribution >= 0.6 is 0 Å². The summed E-state index contributed by atoms with van der Waals surface area (Å²) in [6, 6.07) is 2.15. The number of hydrogen-bond donors (Lipinski definition) is 2. The maximum absolute atomic E-state index is 6.38. The molecule has 1 aliphatic rings. The van der Waals surface area contributed by atoms with Gasteiger partial charge in [0.15, 0.2) is 0 Å². The van der Waals surface area contributed by atoms with E-state index in [2.05, 4.69) is 25.8 Å². The van der Waals surface area contributed by atoms with Crippen LogP contribution in [-0.2, 0) is 5.41 Å². The lowest BCUT2D eigenvalue weighted by Gasteiger charge is -2.43. The van der Waals surface area contributed by atoms with Crippen LogP contribution in [0.15, 0.2) is 18.5 Å². The summed E-state index contributed by atoms with van der Waals surface area (Å²) in [7, 11) is 0. The Morgan fingerprint density at radius 1 is 1.33 bits per heavy atom. The molecule has 0 aliphatic heterocycles. The van der Waals surface area contributed by atoms with Crippen LogP contribution in [0.25, 0.3) is 0 Å². The first kappa shape index (κ1) is 13.3. The van der Waals surface area contributed by atoms with Crippen molar-refractivity contribution in [3.63, 3.8) is 0 Å². The molecule has 1 aromatic rings. The zero-order valence-electron chi connectivity index (χ0n) is 11.7. The van der Waals surface area contributed by atoms with Gasteiger partial charge in [0.25, 0.3) is 0 Å². The highest BCUT2D eigenvalue weighted by Gasteiger charge is 2.39. The molecule has 0 spiro atoms. The Labute approximate surface area is 110 Å². The van der Waals surface area contributed by atoms with Crippen molar-refractivity contribution in [2.75, 3.05) is 5.73 Å². The van der Waals surface area contributed by atoms with E-state index in [1.807, 2.05) is 12.3 Å². The predicted molar refractivity (Wildman–Crippen MR) is 76.2 cm³/mol. The topological polar surface area (TPSA) is 64.9 Å². The van der Waals surface area contributed by atoms with E-state index in [9.17, 15) is 0 Å². The largest absolute Gasteiger partial charge is 0.398 e. The Kier molecular flexibility index (Phi) is 3.62. The number of aromatic nitrogens is 1. The molecule has 18 heavy (non-hydrogen) atoms. The van der Waals surface area contributed by atoms with E-state index in [1.165, 1.54) is 12.8 Å². The van der Waals surface area contributed by atoms with Crippen LogP contribution in [0.1, 0.15) is 45.6 Å². The molecule has 3 nitrogen and oxygen atoms in total. The third kappa shape index (κ3) is 2.37. The second-order valence-electron chi connectivity index (χ2n) is 6.37. The first-order valence-electron chi connectivity index (χ1n) is 6.88. The monoisotopic (exact) mass is 247 g/mol. The summed E-state index contributed by atoms with van der Waals surface area (Å²) in [5.41, 5.74) is 14.5. The molecule has 1 aromatic heterocycles. The molecule has 3 atom stereocenters. The molecule has 0 amide bonds. The minimum Gasteiger partial charge on any atom is -0.398 e. The van der Waals surface area contributed by atoms with E-state index >= 15 is 0 Å². The number of rotatable bonds is 2. The first-order chi connectivity index (χ1) is 8.43. The number of pyridine rings is 1. The standard InChI is InChI=1S/C15H25N3/c1-10-4-5-11(14(17)8-10)15(2,3)12-9-18-7-6-13(12)16/h6-7,9-11,14H,4-5,8,17H2,1-3H3,(H2,16,18). The number of nitrogen functional groups attached to an aromatic ring is 1. The highest BCUT2D eigenvalue weighted by atomic mass is 14.7. The van der Waals surface area contributed by atoms with Gasteiger partial charge in [0.05, 0.1) is 0 Å². The van der Waals surface area contributed by atoms with E-state index in [1.54, 1.807) is 6.20 Å². The molecular formula is C15H25N3. The molecule has 0 bridgehead atoms. The van der Waals surface area contributed by atoms with E-state index < -0.39 is 0 Å². The smallest absolute Gasteiger partial charge is 0.0383 e. The van der Waals surface area contributed by atoms with Crippen molar-refractivity contribution in [3.8, 4) is 0 Å². The number of hydrogen-bond acceptors (Lipinski definition) is 3. The van der Waals surface area contributed by atoms with E-state index in [-0.39, 0.29) is 11.5 Å². The quantitative estimate of drug-likeness (QED) is 0.844. The molecule has 0 radical (unpaired) electrons. The minimum absolute atomic E-state index is 0.00208. The predicted octanol–water partition coefficient (Wildman–Crippen LogP) is 2.70. The molecule has 0 aromatic carbocycles. The van der Waals surface area contributed by atoms with Crippen LogP contribution in [0, 0.1) is 11.8 Å². The van der Waals surface area contributed by atoms with Gasteiger partial charge >= 0.3 is 0 Å². The average Bonchev–Trinajstić information content (AvgIpc) is 2.28. The molecule has 100 valence electrons. The van der Waals surface area contributed by atoms with Crippen LogP contribution in [0.3, 0.4) is 0 Å². The van der Waals surface area contributed by atoms with Crippen molar-refractivity contribution < 1.29 is 0 Å². The lowest BCUT2D eigenvalue weighted by molar-refractivity contribution is 0.171. The summed E-state index contributed by atoms with van der Waals surface area (Å²) >= 11 is 0. The SMILES string of the molecule is CC1CCC(C(C)(C)c2cnccc2N)C(N)C1. The molecular weight excluding hydrogens is 222 g/mol. The van der Waals surface area contributed by atoms with Crippen LogP contribution in [-0.4, -0.2) is 11.0 Å². The van der Waals surface area contributed by atoms with Gasteiger partial charge in [-0.3, -0.25) is 4.98 Å². The molecule has 1 heterocycles. The fourth-order valence-electron chi connectivity index (χ4n) is 3.46. The van der Waals surface area contributed by atoms with Gasteiger partial charge in [0.2, 0.25) is 0 Å². The molecule has 2 rings (SSSR count). The zero-order chi connectivity index (χ0) is 13.3. The molecule has 4 N–H and O–H groups in total. The third-order valence-electron chi connectivity index (χ3n) is 4.64. The van der Waals surface area contributed by atoms with Gasteiger partial charge < -0.3 is 11.5 Å². The van der Waals surface area contributed by atoms with Crippen LogP contribution in [0.2, 0.25) is 0 Å². The number of anilines is 1. The van der Waals surface area contributed by atoms with Crippen molar-refractivity contribution in [2.24, 2.45) is 17.6 Å². The van der Waals surface area contributed by atoms with Gasteiger partial charge in [-0.15, -0.1) is 0 Å². The normalized spacial score (nSPS) is 29.2. The van der Waals surface area contributed by atoms with Gasteiger partial charge in [0, 0.05) is 24.1 Å². The molecule has 1 aliphatic carbocycles. The summed E-state index contributed by atoms with van der Waals surface area (Å²) in [5, 5.41) is 0. The van der Waals surface area contributed by atoms with Crippen LogP contribution in [0.5, 0.6) is 0 Å². The highest BCUT2D eigenvalue weighted by Crippen LogP contribution is 2.42. The molecule has 1 saturated carbocycles. The maximum atomic E-state index is 6.38. The van der Waals surface area contributed by atoms with Crippen molar-refractivity contribution in [1.29, 1.82) is 0 Å². The highest BCUT2D eigenvalue weighted by molar-refractivity contribution is 5.48.